The third-order valence-corrected chi connectivity index (χ3v) is 5.01. The van der Waals surface area contributed by atoms with Gasteiger partial charge in [-0.25, -0.2) is 13.2 Å². The summed E-state index contributed by atoms with van der Waals surface area (Å²) in [6.45, 7) is 3.75. The van der Waals surface area contributed by atoms with Crippen LogP contribution in [-0.2, 0) is 21.4 Å². The van der Waals surface area contributed by atoms with Gasteiger partial charge in [-0.3, -0.25) is 4.90 Å². The Labute approximate surface area is 137 Å². The summed E-state index contributed by atoms with van der Waals surface area (Å²) in [6.07, 6.45) is 0.788. The third-order valence-electron chi connectivity index (χ3n) is 3.71. The Morgan fingerprint density at radius 3 is 2.43 bits per heavy atom. The van der Waals surface area contributed by atoms with Crippen LogP contribution in [0.5, 0.6) is 0 Å². The molecule has 0 aromatic heterocycles. The molecule has 1 fully saturated rings. The summed E-state index contributed by atoms with van der Waals surface area (Å²) in [4.78, 5) is 13.7. The lowest BCUT2D eigenvalue weighted by atomic mass is 10.2. The average molecular weight is 341 g/mol. The van der Waals surface area contributed by atoms with Crippen LogP contribution in [0.1, 0.15) is 5.56 Å². The topological polar surface area (TPSA) is 79.0 Å². The number of carbonyl (C=O) groups is 1. The summed E-state index contributed by atoms with van der Waals surface area (Å²) < 4.78 is 29.4. The minimum absolute atomic E-state index is 0.250. The van der Waals surface area contributed by atoms with Gasteiger partial charge in [-0.1, -0.05) is 30.3 Å². The molecule has 0 spiro atoms. The van der Waals surface area contributed by atoms with Crippen molar-refractivity contribution in [1.29, 1.82) is 0 Å². The first-order valence-corrected chi connectivity index (χ1v) is 9.42. The van der Waals surface area contributed by atoms with E-state index < -0.39 is 16.1 Å². The first kappa shape index (κ1) is 17.7. The Morgan fingerprint density at radius 2 is 1.83 bits per heavy atom. The zero-order chi connectivity index (χ0) is 16.7. The Hall–Kier alpha value is -1.64. The van der Waals surface area contributed by atoms with Crippen molar-refractivity contribution >= 4 is 16.1 Å². The molecule has 0 unspecified atom stereocenters. The maximum absolute atomic E-state index is 11.6. The Bertz CT molecular complexity index is 598. The lowest BCUT2D eigenvalue weighted by Crippen LogP contribution is -2.49. The zero-order valence-electron chi connectivity index (χ0n) is 13.3. The quantitative estimate of drug-likeness (QED) is 0.815. The van der Waals surface area contributed by atoms with Crippen molar-refractivity contribution < 1.29 is 17.9 Å². The summed E-state index contributed by atoms with van der Waals surface area (Å²) >= 11 is 0. The lowest BCUT2D eigenvalue weighted by molar-refractivity contribution is 0.136. The molecule has 0 saturated carbocycles. The highest BCUT2D eigenvalue weighted by atomic mass is 32.2. The Kier molecular flexibility index (Phi) is 6.37. The summed E-state index contributed by atoms with van der Waals surface area (Å²) in [5, 5.41) is 2.71. The van der Waals surface area contributed by atoms with Crippen LogP contribution in [0.4, 0.5) is 4.79 Å². The van der Waals surface area contributed by atoms with Gasteiger partial charge in [0.05, 0.1) is 6.26 Å². The predicted molar refractivity (Wildman–Crippen MR) is 87.5 cm³/mol. The number of alkyl carbamates (subject to hydrolysis) is 1. The highest BCUT2D eigenvalue weighted by Gasteiger charge is 2.22. The van der Waals surface area contributed by atoms with Gasteiger partial charge >= 0.3 is 6.09 Å². The van der Waals surface area contributed by atoms with E-state index in [4.69, 9.17) is 4.74 Å². The van der Waals surface area contributed by atoms with Gasteiger partial charge in [0.25, 0.3) is 0 Å². The fraction of sp³-hybridized carbons (Fsp3) is 0.533. The van der Waals surface area contributed by atoms with Crippen molar-refractivity contribution in [3.8, 4) is 0 Å². The van der Waals surface area contributed by atoms with Gasteiger partial charge in [0.15, 0.2) is 0 Å². The second kappa shape index (κ2) is 8.28. The van der Waals surface area contributed by atoms with Crippen LogP contribution < -0.4 is 5.32 Å². The van der Waals surface area contributed by atoms with Gasteiger partial charge < -0.3 is 10.1 Å². The number of nitrogens with one attached hydrogen (secondary N) is 1. The maximum Gasteiger partial charge on any atom is 0.407 e. The molecule has 23 heavy (non-hydrogen) atoms. The SMILES string of the molecule is CS(=O)(=O)N1CCN(CCNC(=O)OCc2ccccc2)CC1. The smallest absolute Gasteiger partial charge is 0.407 e. The molecule has 2 rings (SSSR count). The fourth-order valence-corrected chi connectivity index (χ4v) is 3.20. The molecule has 1 aliphatic heterocycles. The number of hydrogen-bond acceptors (Lipinski definition) is 5. The van der Waals surface area contributed by atoms with Crippen LogP contribution in [0.25, 0.3) is 0 Å². The molecule has 128 valence electrons. The van der Waals surface area contributed by atoms with Gasteiger partial charge in [0.1, 0.15) is 6.61 Å². The van der Waals surface area contributed by atoms with Gasteiger partial charge in [-0.2, -0.15) is 4.31 Å². The van der Waals surface area contributed by atoms with E-state index in [1.165, 1.54) is 10.6 Å². The predicted octanol–water partition coefficient (Wildman–Crippen LogP) is 0.490. The van der Waals surface area contributed by atoms with E-state index >= 15 is 0 Å². The molecule has 1 aliphatic rings. The first-order chi connectivity index (χ1) is 10.9. The number of piperazine rings is 1. The van der Waals surface area contributed by atoms with E-state index in [0.717, 1.165) is 5.56 Å². The number of amides is 1. The van der Waals surface area contributed by atoms with Crippen molar-refractivity contribution in [2.24, 2.45) is 0 Å². The van der Waals surface area contributed by atoms with Crippen molar-refractivity contribution in [1.82, 2.24) is 14.5 Å². The van der Waals surface area contributed by atoms with E-state index in [-0.39, 0.29) is 6.61 Å². The molecule has 1 aromatic carbocycles. The first-order valence-electron chi connectivity index (χ1n) is 7.57. The summed E-state index contributed by atoms with van der Waals surface area (Å²) in [5.74, 6) is 0. The molecule has 0 atom stereocenters. The Morgan fingerprint density at radius 1 is 1.17 bits per heavy atom. The van der Waals surface area contributed by atoms with Crippen LogP contribution in [0.3, 0.4) is 0 Å². The van der Waals surface area contributed by atoms with Crippen LogP contribution in [-0.4, -0.2) is 69.2 Å². The van der Waals surface area contributed by atoms with Crippen LogP contribution >= 0.6 is 0 Å². The minimum atomic E-state index is -3.10. The van der Waals surface area contributed by atoms with Gasteiger partial charge in [0, 0.05) is 39.3 Å². The number of nitrogens with zero attached hydrogens (tertiary/aromatic N) is 2. The average Bonchev–Trinajstić information content (AvgIpc) is 2.53. The Balaban J connectivity index is 1.59. The number of carbonyl (C=O) groups excluding carboxylic acids is 1. The van der Waals surface area contributed by atoms with E-state index in [1.807, 2.05) is 30.3 Å². The number of sulfonamides is 1. The minimum Gasteiger partial charge on any atom is -0.445 e. The number of hydrogen-bond donors (Lipinski definition) is 1. The second-order valence-corrected chi connectivity index (χ2v) is 7.47. The van der Waals surface area contributed by atoms with Crippen molar-refractivity contribution in [3.05, 3.63) is 35.9 Å². The normalized spacial score (nSPS) is 16.9. The molecule has 0 aliphatic carbocycles. The maximum atomic E-state index is 11.6. The highest BCUT2D eigenvalue weighted by molar-refractivity contribution is 7.88. The zero-order valence-corrected chi connectivity index (χ0v) is 14.1. The summed E-state index contributed by atoms with van der Waals surface area (Å²) in [6, 6.07) is 9.50. The van der Waals surface area contributed by atoms with Gasteiger partial charge in [-0.15, -0.1) is 0 Å². The molecule has 1 aromatic rings. The van der Waals surface area contributed by atoms with Gasteiger partial charge in [0.2, 0.25) is 10.0 Å². The molecular formula is C15H23N3O4S. The molecular weight excluding hydrogens is 318 g/mol. The molecule has 7 nitrogen and oxygen atoms in total. The number of ether oxygens (including phenoxy) is 1. The molecule has 1 heterocycles. The van der Waals surface area contributed by atoms with Crippen molar-refractivity contribution in [3.63, 3.8) is 0 Å². The summed E-state index contributed by atoms with van der Waals surface area (Å²) in [7, 11) is -3.10. The molecule has 0 bridgehead atoms. The van der Waals surface area contributed by atoms with Crippen molar-refractivity contribution in [2.75, 3.05) is 45.5 Å². The van der Waals surface area contributed by atoms with Gasteiger partial charge in [-0.05, 0) is 5.56 Å². The molecule has 0 radical (unpaired) electrons. The van der Waals surface area contributed by atoms with E-state index in [1.54, 1.807) is 0 Å². The number of benzene rings is 1. The van der Waals surface area contributed by atoms with Crippen LogP contribution in [0.15, 0.2) is 30.3 Å². The highest BCUT2D eigenvalue weighted by Crippen LogP contribution is 2.05. The fourth-order valence-electron chi connectivity index (χ4n) is 2.37. The van der Waals surface area contributed by atoms with E-state index in [2.05, 4.69) is 10.2 Å². The second-order valence-electron chi connectivity index (χ2n) is 5.49. The largest absolute Gasteiger partial charge is 0.445 e. The number of rotatable bonds is 6. The van der Waals surface area contributed by atoms with E-state index in [0.29, 0.717) is 39.3 Å². The molecule has 8 heteroatoms. The van der Waals surface area contributed by atoms with Crippen LogP contribution in [0, 0.1) is 0 Å². The van der Waals surface area contributed by atoms with Crippen molar-refractivity contribution in [2.45, 2.75) is 6.61 Å². The molecule has 1 saturated heterocycles. The standard InChI is InChI=1S/C15H23N3O4S/c1-23(20,21)18-11-9-17(10-12-18)8-7-16-15(19)22-13-14-5-3-2-4-6-14/h2-6H,7-13H2,1H3,(H,16,19). The lowest BCUT2D eigenvalue weighted by Gasteiger charge is -2.33. The monoisotopic (exact) mass is 341 g/mol. The summed E-state index contributed by atoms with van der Waals surface area (Å²) in [5.41, 5.74) is 0.944. The third kappa shape index (κ3) is 6.17. The van der Waals surface area contributed by atoms with E-state index in [9.17, 15) is 13.2 Å². The van der Waals surface area contributed by atoms with Crippen LogP contribution in [0.2, 0.25) is 0 Å². The molecule has 1 N–H and O–H groups in total. The molecule has 1 amide bonds.